The van der Waals surface area contributed by atoms with Crippen molar-refractivity contribution in [1.82, 2.24) is 9.97 Å². The number of aryl methyl sites for hydroxylation is 2. The summed E-state index contributed by atoms with van der Waals surface area (Å²) in [7, 11) is 0. The number of nitrogens with one attached hydrogen (secondary N) is 1. The van der Waals surface area contributed by atoms with Gasteiger partial charge in [-0.3, -0.25) is 0 Å². The zero-order valence-corrected chi connectivity index (χ0v) is 15.5. The van der Waals surface area contributed by atoms with E-state index in [2.05, 4.69) is 46.4 Å². The molecule has 2 aromatic rings. The number of rotatable bonds is 4. The highest BCUT2D eigenvalue weighted by Crippen LogP contribution is 2.32. The van der Waals surface area contributed by atoms with Gasteiger partial charge in [-0.15, -0.1) is 0 Å². The van der Waals surface area contributed by atoms with E-state index in [1.165, 1.54) is 11.1 Å². The lowest BCUT2D eigenvalue weighted by Gasteiger charge is -2.37. The average Bonchev–Trinajstić information content (AvgIpc) is 3.08. The highest BCUT2D eigenvalue weighted by atomic mass is 16.7. The Balaban J connectivity index is 1.43. The molecule has 2 fully saturated rings. The summed E-state index contributed by atoms with van der Waals surface area (Å²) in [5, 5.41) is 3.43. The van der Waals surface area contributed by atoms with Crippen LogP contribution in [0, 0.1) is 13.8 Å². The first-order valence-electron chi connectivity index (χ1n) is 9.30. The first kappa shape index (κ1) is 17.2. The van der Waals surface area contributed by atoms with Gasteiger partial charge in [0, 0.05) is 44.2 Å². The fraction of sp³-hybridized carbons (Fsp3) is 0.500. The van der Waals surface area contributed by atoms with Gasteiger partial charge in [0.15, 0.2) is 5.79 Å². The molecule has 2 aliphatic rings. The third-order valence-electron chi connectivity index (χ3n) is 5.02. The zero-order chi connectivity index (χ0) is 18.0. The molecule has 0 atom stereocenters. The van der Waals surface area contributed by atoms with Crippen molar-refractivity contribution in [2.45, 2.75) is 39.0 Å². The normalized spacial score (nSPS) is 19.1. The third-order valence-corrected chi connectivity index (χ3v) is 5.02. The molecular weight excluding hydrogens is 328 g/mol. The van der Waals surface area contributed by atoms with Crippen molar-refractivity contribution in [3.05, 3.63) is 47.2 Å². The first-order valence-corrected chi connectivity index (χ1v) is 9.30. The van der Waals surface area contributed by atoms with E-state index in [1.54, 1.807) is 0 Å². The Morgan fingerprint density at radius 1 is 1.08 bits per heavy atom. The van der Waals surface area contributed by atoms with Crippen molar-refractivity contribution in [3.8, 4) is 0 Å². The van der Waals surface area contributed by atoms with E-state index in [0.29, 0.717) is 13.2 Å². The number of aromatic nitrogens is 2. The molecule has 1 N–H and O–H groups in total. The molecule has 3 heterocycles. The Bertz CT molecular complexity index is 764. The van der Waals surface area contributed by atoms with Gasteiger partial charge in [0.05, 0.1) is 13.2 Å². The van der Waals surface area contributed by atoms with Crippen LogP contribution < -0.4 is 10.2 Å². The summed E-state index contributed by atoms with van der Waals surface area (Å²) in [6.07, 6.45) is 1.71. The lowest BCUT2D eigenvalue weighted by Crippen LogP contribution is -2.45. The van der Waals surface area contributed by atoms with Crippen LogP contribution in [0.3, 0.4) is 0 Å². The van der Waals surface area contributed by atoms with E-state index in [4.69, 9.17) is 14.5 Å². The Labute approximate surface area is 154 Å². The van der Waals surface area contributed by atoms with E-state index < -0.39 is 0 Å². The minimum absolute atomic E-state index is 0.368. The minimum Gasteiger partial charge on any atom is -0.366 e. The highest BCUT2D eigenvalue weighted by molar-refractivity contribution is 5.44. The molecule has 0 saturated carbocycles. The van der Waals surface area contributed by atoms with E-state index in [-0.39, 0.29) is 5.79 Å². The summed E-state index contributed by atoms with van der Waals surface area (Å²) in [4.78, 5) is 11.6. The van der Waals surface area contributed by atoms with E-state index in [9.17, 15) is 0 Å². The second-order valence-corrected chi connectivity index (χ2v) is 7.13. The molecule has 0 aliphatic carbocycles. The van der Waals surface area contributed by atoms with Crippen LogP contribution in [-0.2, 0) is 16.0 Å². The molecule has 0 amide bonds. The second kappa shape index (κ2) is 7.21. The monoisotopic (exact) mass is 354 g/mol. The van der Waals surface area contributed by atoms with E-state index >= 15 is 0 Å². The van der Waals surface area contributed by atoms with Gasteiger partial charge in [0.1, 0.15) is 5.82 Å². The van der Waals surface area contributed by atoms with Gasteiger partial charge in [-0.05, 0) is 19.4 Å². The smallest absolute Gasteiger partial charge is 0.227 e. The van der Waals surface area contributed by atoms with Gasteiger partial charge in [0.2, 0.25) is 5.95 Å². The van der Waals surface area contributed by atoms with Gasteiger partial charge >= 0.3 is 0 Å². The van der Waals surface area contributed by atoms with Gasteiger partial charge in [-0.2, -0.15) is 4.98 Å². The highest BCUT2D eigenvalue weighted by Gasteiger charge is 2.40. The maximum atomic E-state index is 5.81. The van der Waals surface area contributed by atoms with Crippen LogP contribution in [0.2, 0.25) is 0 Å². The maximum Gasteiger partial charge on any atom is 0.227 e. The minimum atomic E-state index is -0.368. The summed E-state index contributed by atoms with van der Waals surface area (Å²) in [5.41, 5.74) is 3.48. The van der Waals surface area contributed by atoms with Crippen LogP contribution in [0.1, 0.15) is 29.7 Å². The predicted octanol–water partition coefficient (Wildman–Crippen LogP) is 3.05. The summed E-state index contributed by atoms with van der Waals surface area (Å²) in [6.45, 7) is 7.97. The zero-order valence-electron chi connectivity index (χ0n) is 15.5. The molecule has 26 heavy (non-hydrogen) atoms. The lowest BCUT2D eigenvalue weighted by molar-refractivity contribution is -0.169. The molecule has 1 spiro atoms. The Kier molecular flexibility index (Phi) is 4.78. The molecule has 1 aromatic heterocycles. The van der Waals surface area contributed by atoms with Gasteiger partial charge < -0.3 is 19.7 Å². The second-order valence-electron chi connectivity index (χ2n) is 7.13. The molecule has 0 unspecified atom stereocenters. The summed E-state index contributed by atoms with van der Waals surface area (Å²) < 4.78 is 11.6. The fourth-order valence-corrected chi connectivity index (χ4v) is 3.63. The number of benzene rings is 1. The van der Waals surface area contributed by atoms with Crippen molar-refractivity contribution < 1.29 is 9.47 Å². The molecule has 6 heteroatoms. The molecule has 1 aromatic carbocycles. The van der Waals surface area contributed by atoms with Crippen molar-refractivity contribution in [3.63, 3.8) is 0 Å². The Hall–Kier alpha value is -2.18. The molecule has 2 saturated heterocycles. The number of hydrogen-bond acceptors (Lipinski definition) is 6. The van der Waals surface area contributed by atoms with Crippen LogP contribution >= 0.6 is 0 Å². The largest absolute Gasteiger partial charge is 0.366 e. The van der Waals surface area contributed by atoms with E-state index in [1.807, 2.05) is 13.0 Å². The summed E-state index contributed by atoms with van der Waals surface area (Å²) >= 11 is 0. The third kappa shape index (κ3) is 3.81. The predicted molar refractivity (Wildman–Crippen MR) is 101 cm³/mol. The first-order chi connectivity index (χ1) is 12.6. The lowest BCUT2D eigenvalue weighted by atomic mass is 10.0. The summed E-state index contributed by atoms with van der Waals surface area (Å²) in [5.74, 6) is 1.28. The van der Waals surface area contributed by atoms with Gasteiger partial charge in [0.25, 0.3) is 0 Å². The number of piperidine rings is 1. The Morgan fingerprint density at radius 3 is 2.58 bits per heavy atom. The fourth-order valence-electron chi connectivity index (χ4n) is 3.63. The molecular formula is C20H26N4O2. The summed E-state index contributed by atoms with van der Waals surface area (Å²) in [6, 6.07) is 10.5. The number of hydrogen-bond donors (Lipinski definition) is 1. The molecule has 6 nitrogen and oxygen atoms in total. The van der Waals surface area contributed by atoms with Crippen LogP contribution in [-0.4, -0.2) is 42.1 Å². The van der Waals surface area contributed by atoms with E-state index in [0.717, 1.165) is 49.9 Å². The van der Waals surface area contributed by atoms with Crippen LogP contribution in [0.25, 0.3) is 0 Å². The Morgan fingerprint density at radius 2 is 1.85 bits per heavy atom. The van der Waals surface area contributed by atoms with Crippen molar-refractivity contribution in [2.24, 2.45) is 0 Å². The van der Waals surface area contributed by atoms with Crippen LogP contribution in [0.15, 0.2) is 30.3 Å². The maximum absolute atomic E-state index is 5.81. The van der Waals surface area contributed by atoms with Crippen molar-refractivity contribution >= 4 is 11.8 Å². The molecule has 4 rings (SSSR count). The average molecular weight is 354 g/mol. The van der Waals surface area contributed by atoms with Crippen LogP contribution in [0.4, 0.5) is 11.8 Å². The van der Waals surface area contributed by atoms with Gasteiger partial charge in [-0.25, -0.2) is 4.98 Å². The van der Waals surface area contributed by atoms with Gasteiger partial charge in [-0.1, -0.05) is 29.8 Å². The SMILES string of the molecule is Cc1cccc(CNc2cc(C)nc(N3CCC4(CC3)OCCO4)n2)c1. The quantitative estimate of drug-likeness (QED) is 0.911. The number of ether oxygens (including phenoxy) is 2. The molecule has 0 bridgehead atoms. The number of nitrogens with zero attached hydrogens (tertiary/aromatic N) is 3. The number of anilines is 2. The standard InChI is InChI=1S/C20H26N4O2/c1-15-4-3-5-17(12-15)14-21-18-13-16(2)22-19(23-18)24-8-6-20(7-9-24)25-10-11-26-20/h3-5,12-13H,6-11,14H2,1-2H3,(H,21,22,23). The topological polar surface area (TPSA) is 59.5 Å². The van der Waals surface area contributed by atoms with Crippen molar-refractivity contribution in [2.75, 3.05) is 36.5 Å². The van der Waals surface area contributed by atoms with Crippen LogP contribution in [0.5, 0.6) is 0 Å². The molecule has 138 valence electrons. The van der Waals surface area contributed by atoms with Crippen molar-refractivity contribution in [1.29, 1.82) is 0 Å². The molecule has 0 radical (unpaired) electrons. The molecule has 2 aliphatic heterocycles.